The molecular formula is C10H22N2O2. The number of nitrogens with two attached hydrogens (primary N) is 1. The Balaban J connectivity index is 2.96. The number of carbonyl (C=O) groups excluding carboxylic acids is 1. The van der Waals surface area contributed by atoms with E-state index in [-0.39, 0.29) is 5.91 Å². The van der Waals surface area contributed by atoms with E-state index in [9.17, 15) is 4.79 Å². The standard InChI is InChI=1S/C10H22N2O2/c1-9(2)4-7-14-8-6-12-5-3-10(11)13/h9,12H,3-8H2,1-2H3,(H2,11,13). The van der Waals surface area contributed by atoms with Crippen molar-refractivity contribution in [1.29, 1.82) is 0 Å². The van der Waals surface area contributed by atoms with Crippen molar-refractivity contribution >= 4 is 5.91 Å². The predicted octanol–water partition coefficient (Wildman–Crippen LogP) is 0.514. The van der Waals surface area contributed by atoms with Crippen molar-refractivity contribution in [2.45, 2.75) is 26.7 Å². The molecule has 0 bridgehead atoms. The lowest BCUT2D eigenvalue weighted by Crippen LogP contribution is -2.25. The molecule has 84 valence electrons. The fourth-order valence-electron chi connectivity index (χ4n) is 0.902. The molecule has 3 N–H and O–H groups in total. The lowest BCUT2D eigenvalue weighted by atomic mass is 10.1. The average Bonchev–Trinajstić information content (AvgIpc) is 2.08. The summed E-state index contributed by atoms with van der Waals surface area (Å²) < 4.78 is 5.37. The molecule has 0 saturated heterocycles. The zero-order valence-electron chi connectivity index (χ0n) is 9.21. The van der Waals surface area contributed by atoms with Gasteiger partial charge in [-0.05, 0) is 12.3 Å². The Morgan fingerprint density at radius 3 is 2.64 bits per heavy atom. The molecule has 4 heteroatoms. The van der Waals surface area contributed by atoms with E-state index in [0.29, 0.717) is 25.5 Å². The summed E-state index contributed by atoms with van der Waals surface area (Å²) >= 11 is 0. The fourth-order valence-corrected chi connectivity index (χ4v) is 0.902. The van der Waals surface area contributed by atoms with E-state index in [1.807, 2.05) is 0 Å². The van der Waals surface area contributed by atoms with Crippen molar-refractivity contribution < 1.29 is 9.53 Å². The van der Waals surface area contributed by atoms with Gasteiger partial charge in [-0.2, -0.15) is 0 Å². The van der Waals surface area contributed by atoms with Crippen molar-refractivity contribution in [2.24, 2.45) is 11.7 Å². The van der Waals surface area contributed by atoms with Crippen LogP contribution >= 0.6 is 0 Å². The van der Waals surface area contributed by atoms with Gasteiger partial charge in [0, 0.05) is 26.1 Å². The first-order valence-electron chi connectivity index (χ1n) is 5.19. The minimum Gasteiger partial charge on any atom is -0.380 e. The Hall–Kier alpha value is -0.610. The van der Waals surface area contributed by atoms with Crippen molar-refractivity contribution in [1.82, 2.24) is 5.32 Å². The molecule has 0 aliphatic rings. The highest BCUT2D eigenvalue weighted by Crippen LogP contribution is 1.98. The Kier molecular flexibility index (Phi) is 8.57. The molecule has 0 rings (SSSR count). The minimum absolute atomic E-state index is 0.266. The van der Waals surface area contributed by atoms with Crippen LogP contribution in [0.3, 0.4) is 0 Å². The maximum absolute atomic E-state index is 10.4. The second-order valence-corrected chi connectivity index (χ2v) is 3.76. The van der Waals surface area contributed by atoms with Crippen LogP contribution in [-0.4, -0.2) is 32.2 Å². The number of nitrogens with one attached hydrogen (secondary N) is 1. The van der Waals surface area contributed by atoms with E-state index < -0.39 is 0 Å². The van der Waals surface area contributed by atoms with Crippen LogP contribution in [0.1, 0.15) is 26.7 Å². The highest BCUT2D eigenvalue weighted by atomic mass is 16.5. The van der Waals surface area contributed by atoms with Gasteiger partial charge in [-0.3, -0.25) is 4.79 Å². The Bertz CT molecular complexity index is 149. The van der Waals surface area contributed by atoms with Crippen LogP contribution in [0, 0.1) is 5.92 Å². The SMILES string of the molecule is CC(C)CCOCCNCCC(N)=O. The first-order chi connectivity index (χ1) is 6.63. The molecule has 0 saturated carbocycles. The normalized spacial score (nSPS) is 10.8. The molecule has 0 heterocycles. The predicted molar refractivity (Wildman–Crippen MR) is 57.0 cm³/mol. The van der Waals surface area contributed by atoms with E-state index in [0.717, 1.165) is 19.6 Å². The molecule has 0 aromatic heterocycles. The largest absolute Gasteiger partial charge is 0.380 e. The second-order valence-electron chi connectivity index (χ2n) is 3.76. The summed E-state index contributed by atoms with van der Waals surface area (Å²) in [4.78, 5) is 10.4. The highest BCUT2D eigenvalue weighted by molar-refractivity contribution is 5.73. The van der Waals surface area contributed by atoms with Gasteiger partial charge in [0.05, 0.1) is 6.61 Å². The molecule has 0 aliphatic carbocycles. The molecule has 0 radical (unpaired) electrons. The lowest BCUT2D eigenvalue weighted by Gasteiger charge is -2.06. The summed E-state index contributed by atoms with van der Waals surface area (Å²) in [6, 6.07) is 0. The van der Waals surface area contributed by atoms with Gasteiger partial charge in [0.1, 0.15) is 0 Å². The van der Waals surface area contributed by atoms with Crippen molar-refractivity contribution in [3.8, 4) is 0 Å². The van der Waals surface area contributed by atoms with Gasteiger partial charge in [0.2, 0.25) is 5.91 Å². The first kappa shape index (κ1) is 13.4. The molecule has 4 nitrogen and oxygen atoms in total. The highest BCUT2D eigenvalue weighted by Gasteiger charge is 1.95. The van der Waals surface area contributed by atoms with Crippen LogP contribution in [0.25, 0.3) is 0 Å². The number of ether oxygens (including phenoxy) is 1. The van der Waals surface area contributed by atoms with Gasteiger partial charge >= 0.3 is 0 Å². The maximum Gasteiger partial charge on any atom is 0.218 e. The summed E-state index contributed by atoms with van der Waals surface area (Å²) in [5.41, 5.74) is 4.98. The van der Waals surface area contributed by atoms with Crippen LogP contribution in [0.4, 0.5) is 0 Å². The summed E-state index contributed by atoms with van der Waals surface area (Å²) in [5, 5.41) is 3.08. The third-order valence-electron chi connectivity index (χ3n) is 1.81. The molecule has 1 amide bonds. The second kappa shape index (κ2) is 8.97. The number of hydrogen-bond acceptors (Lipinski definition) is 3. The van der Waals surface area contributed by atoms with E-state index >= 15 is 0 Å². The van der Waals surface area contributed by atoms with Crippen LogP contribution < -0.4 is 11.1 Å². The van der Waals surface area contributed by atoms with Gasteiger partial charge in [0.25, 0.3) is 0 Å². The molecule has 0 unspecified atom stereocenters. The third kappa shape index (κ3) is 11.4. The zero-order valence-corrected chi connectivity index (χ0v) is 9.21. The van der Waals surface area contributed by atoms with Gasteiger partial charge in [-0.1, -0.05) is 13.8 Å². The van der Waals surface area contributed by atoms with Gasteiger partial charge in [-0.25, -0.2) is 0 Å². The lowest BCUT2D eigenvalue weighted by molar-refractivity contribution is -0.117. The molecule has 0 aromatic rings. The minimum atomic E-state index is -0.266. The Morgan fingerprint density at radius 2 is 2.07 bits per heavy atom. The average molecular weight is 202 g/mol. The monoisotopic (exact) mass is 202 g/mol. The number of carbonyl (C=O) groups is 1. The molecule has 0 spiro atoms. The van der Waals surface area contributed by atoms with Crippen LogP contribution in [-0.2, 0) is 9.53 Å². The quantitative estimate of drug-likeness (QED) is 0.536. The van der Waals surface area contributed by atoms with E-state index in [1.165, 1.54) is 0 Å². The zero-order chi connectivity index (χ0) is 10.8. The van der Waals surface area contributed by atoms with Crippen molar-refractivity contribution in [2.75, 3.05) is 26.3 Å². The van der Waals surface area contributed by atoms with E-state index in [2.05, 4.69) is 19.2 Å². The summed E-state index contributed by atoms with van der Waals surface area (Å²) in [7, 11) is 0. The summed E-state index contributed by atoms with van der Waals surface area (Å²) in [6.45, 7) is 7.29. The van der Waals surface area contributed by atoms with E-state index in [1.54, 1.807) is 0 Å². The molecular weight excluding hydrogens is 180 g/mol. The molecule has 0 aliphatic heterocycles. The van der Waals surface area contributed by atoms with E-state index in [4.69, 9.17) is 10.5 Å². The maximum atomic E-state index is 10.4. The first-order valence-corrected chi connectivity index (χ1v) is 5.19. The molecule has 0 atom stereocenters. The number of rotatable bonds is 9. The number of hydrogen-bond donors (Lipinski definition) is 2. The van der Waals surface area contributed by atoms with Crippen LogP contribution in [0.15, 0.2) is 0 Å². The topological polar surface area (TPSA) is 64.3 Å². The fraction of sp³-hybridized carbons (Fsp3) is 0.900. The summed E-state index contributed by atoms with van der Waals surface area (Å²) in [5.74, 6) is 0.427. The Morgan fingerprint density at radius 1 is 1.36 bits per heavy atom. The number of primary amides is 1. The van der Waals surface area contributed by atoms with Crippen molar-refractivity contribution in [3.63, 3.8) is 0 Å². The molecule has 14 heavy (non-hydrogen) atoms. The van der Waals surface area contributed by atoms with Crippen LogP contribution in [0.2, 0.25) is 0 Å². The number of amides is 1. The third-order valence-corrected chi connectivity index (χ3v) is 1.81. The molecule has 0 aromatic carbocycles. The van der Waals surface area contributed by atoms with Crippen LogP contribution in [0.5, 0.6) is 0 Å². The van der Waals surface area contributed by atoms with Gasteiger partial charge < -0.3 is 15.8 Å². The molecule has 0 fully saturated rings. The van der Waals surface area contributed by atoms with Crippen molar-refractivity contribution in [3.05, 3.63) is 0 Å². The van der Waals surface area contributed by atoms with Gasteiger partial charge in [-0.15, -0.1) is 0 Å². The van der Waals surface area contributed by atoms with Gasteiger partial charge in [0.15, 0.2) is 0 Å². The summed E-state index contributed by atoms with van der Waals surface area (Å²) in [6.07, 6.45) is 1.49. The smallest absolute Gasteiger partial charge is 0.218 e. The Labute approximate surface area is 86.2 Å².